The van der Waals surface area contributed by atoms with Crippen LogP contribution < -0.4 is 16.0 Å². The van der Waals surface area contributed by atoms with Crippen LogP contribution in [-0.4, -0.2) is 62.1 Å². The van der Waals surface area contributed by atoms with Gasteiger partial charge in [0.2, 0.25) is 0 Å². The van der Waals surface area contributed by atoms with E-state index in [0.29, 0.717) is 13.1 Å². The first kappa shape index (κ1) is 23.8. The van der Waals surface area contributed by atoms with Gasteiger partial charge in [-0.2, -0.15) is 0 Å². The van der Waals surface area contributed by atoms with Gasteiger partial charge in [0.15, 0.2) is 0 Å². The summed E-state index contributed by atoms with van der Waals surface area (Å²) in [5.74, 6) is -0.103. The number of nitrogens with two attached hydrogens (primary N) is 1. The highest BCUT2D eigenvalue weighted by molar-refractivity contribution is 5.95. The van der Waals surface area contributed by atoms with Gasteiger partial charge in [-0.3, -0.25) is 10.2 Å². The zero-order chi connectivity index (χ0) is 21.0. The summed E-state index contributed by atoms with van der Waals surface area (Å²) in [6.45, 7) is 4.88. The molecule has 2 aliphatic rings. The normalized spacial score (nSPS) is 21.4. The van der Waals surface area contributed by atoms with Gasteiger partial charge in [0.25, 0.3) is 0 Å². The molecule has 9 heteroatoms. The zero-order valence-electron chi connectivity index (χ0n) is 17.6. The fourth-order valence-corrected chi connectivity index (χ4v) is 4.23. The molecule has 1 aromatic carbocycles. The lowest BCUT2D eigenvalue weighted by molar-refractivity contribution is -0.146. The summed E-state index contributed by atoms with van der Waals surface area (Å²) >= 11 is 0. The number of hydrogen-bond acceptors (Lipinski definition) is 5. The molecule has 1 aliphatic heterocycles. The Bertz CT molecular complexity index is 772. The van der Waals surface area contributed by atoms with E-state index in [2.05, 4.69) is 10.2 Å². The molecule has 2 amide bonds. The Morgan fingerprint density at radius 2 is 1.77 bits per heavy atom. The number of benzene rings is 1. The highest BCUT2D eigenvalue weighted by Gasteiger charge is 2.29. The van der Waals surface area contributed by atoms with Crippen LogP contribution in [0, 0.1) is 18.3 Å². The van der Waals surface area contributed by atoms with Crippen molar-refractivity contribution < 1.29 is 14.3 Å². The Morgan fingerprint density at radius 1 is 1.13 bits per heavy atom. The Morgan fingerprint density at radius 3 is 2.30 bits per heavy atom. The summed E-state index contributed by atoms with van der Waals surface area (Å²) in [7, 11) is 1.43. The van der Waals surface area contributed by atoms with Crippen LogP contribution in [0.25, 0.3) is 0 Å². The second-order valence-electron chi connectivity index (χ2n) is 7.91. The molecule has 1 aromatic rings. The van der Waals surface area contributed by atoms with E-state index >= 15 is 0 Å². The Hall–Kier alpha value is -2.48. The summed E-state index contributed by atoms with van der Waals surface area (Å²) in [5.41, 5.74) is 8.50. The third kappa shape index (κ3) is 5.56. The van der Waals surface area contributed by atoms with E-state index in [1.807, 2.05) is 30.0 Å². The molecule has 0 atom stereocenters. The molecule has 2 fully saturated rings. The minimum atomic E-state index is -0.141. The number of amidine groups is 1. The van der Waals surface area contributed by atoms with Gasteiger partial charge in [0.1, 0.15) is 5.84 Å². The largest absolute Gasteiger partial charge is 0.469 e. The summed E-state index contributed by atoms with van der Waals surface area (Å²) in [6, 6.07) is 5.91. The summed E-state index contributed by atoms with van der Waals surface area (Å²) in [4.78, 5) is 28.4. The standard InChI is InChI=1S/C21H31N5O3.ClH/c1-14-13-16(19(22)23)5-8-18(14)25-9-11-26(12-10-25)21(28)24-17-6-3-15(4-7-17)20(27)29-2;/h5,8,13,15,17H,3-4,6-7,9-12H2,1-2H3,(H3,22,23)(H,24,28);1H. The van der Waals surface area contributed by atoms with Crippen molar-refractivity contribution >= 4 is 35.9 Å². The van der Waals surface area contributed by atoms with E-state index in [9.17, 15) is 9.59 Å². The van der Waals surface area contributed by atoms with Crippen molar-refractivity contribution in [1.29, 1.82) is 5.41 Å². The van der Waals surface area contributed by atoms with Crippen LogP contribution in [0.3, 0.4) is 0 Å². The van der Waals surface area contributed by atoms with Gasteiger partial charge in [-0.1, -0.05) is 0 Å². The number of halogens is 1. The molecule has 0 aromatic heterocycles. The number of anilines is 1. The molecule has 3 rings (SSSR count). The average Bonchev–Trinajstić information content (AvgIpc) is 2.73. The summed E-state index contributed by atoms with van der Waals surface area (Å²) < 4.78 is 4.82. The van der Waals surface area contributed by atoms with Crippen molar-refractivity contribution in [2.75, 3.05) is 38.2 Å². The van der Waals surface area contributed by atoms with Gasteiger partial charge < -0.3 is 25.6 Å². The first-order valence-corrected chi connectivity index (χ1v) is 10.2. The van der Waals surface area contributed by atoms with Crippen LogP contribution in [0.15, 0.2) is 18.2 Å². The van der Waals surface area contributed by atoms with Crippen LogP contribution in [-0.2, 0) is 9.53 Å². The minimum absolute atomic E-state index is 0. The number of nitrogen functional groups attached to an aromatic ring is 1. The number of nitrogens with one attached hydrogen (secondary N) is 2. The third-order valence-corrected chi connectivity index (χ3v) is 6.00. The van der Waals surface area contributed by atoms with Crippen LogP contribution in [0.5, 0.6) is 0 Å². The average molecular weight is 438 g/mol. The maximum absolute atomic E-state index is 12.6. The molecule has 166 valence electrons. The van der Waals surface area contributed by atoms with Crippen LogP contribution in [0.4, 0.5) is 10.5 Å². The number of esters is 1. The molecule has 0 spiro atoms. The van der Waals surface area contributed by atoms with E-state index < -0.39 is 0 Å². The maximum Gasteiger partial charge on any atom is 0.317 e. The SMILES string of the molecule is COC(=O)C1CCC(NC(=O)N2CCN(c3ccc(C(=N)N)cc3C)CC2)CC1.Cl. The van der Waals surface area contributed by atoms with Gasteiger partial charge in [-0.15, -0.1) is 12.4 Å². The number of hydrogen-bond donors (Lipinski definition) is 3. The third-order valence-electron chi connectivity index (χ3n) is 6.00. The van der Waals surface area contributed by atoms with Crippen molar-refractivity contribution in [3.63, 3.8) is 0 Å². The Labute approximate surface area is 184 Å². The lowest BCUT2D eigenvalue weighted by Gasteiger charge is -2.38. The molecule has 1 saturated carbocycles. The highest BCUT2D eigenvalue weighted by atomic mass is 35.5. The minimum Gasteiger partial charge on any atom is -0.469 e. The molecule has 8 nitrogen and oxygen atoms in total. The number of nitrogens with zero attached hydrogens (tertiary/aromatic N) is 2. The van der Waals surface area contributed by atoms with E-state index in [-0.39, 0.29) is 42.2 Å². The second kappa shape index (κ2) is 10.5. The van der Waals surface area contributed by atoms with Crippen LogP contribution >= 0.6 is 12.4 Å². The lowest BCUT2D eigenvalue weighted by Crippen LogP contribution is -2.54. The molecule has 1 heterocycles. The first-order valence-electron chi connectivity index (χ1n) is 10.2. The van der Waals surface area contributed by atoms with Crippen molar-refractivity contribution in [2.24, 2.45) is 11.7 Å². The number of piperazine rings is 1. The smallest absolute Gasteiger partial charge is 0.317 e. The fourth-order valence-electron chi connectivity index (χ4n) is 4.23. The molecule has 0 bridgehead atoms. The van der Waals surface area contributed by atoms with Crippen molar-refractivity contribution in [2.45, 2.75) is 38.6 Å². The monoisotopic (exact) mass is 437 g/mol. The lowest BCUT2D eigenvalue weighted by atomic mass is 9.86. The number of methoxy groups -OCH3 is 1. The van der Waals surface area contributed by atoms with Gasteiger partial charge >= 0.3 is 12.0 Å². The van der Waals surface area contributed by atoms with E-state index in [1.54, 1.807) is 0 Å². The summed E-state index contributed by atoms with van der Waals surface area (Å²) in [6.07, 6.45) is 3.15. The van der Waals surface area contributed by atoms with Crippen molar-refractivity contribution in [1.82, 2.24) is 10.2 Å². The van der Waals surface area contributed by atoms with Gasteiger partial charge in [0, 0.05) is 43.5 Å². The molecule has 4 N–H and O–H groups in total. The number of carbonyl (C=O) groups excluding carboxylic acids is 2. The number of urea groups is 1. The van der Waals surface area contributed by atoms with Crippen LogP contribution in [0.2, 0.25) is 0 Å². The molecular formula is C21H32ClN5O3. The van der Waals surface area contributed by atoms with E-state index in [4.69, 9.17) is 15.9 Å². The number of ether oxygens (including phenoxy) is 1. The molecule has 0 unspecified atom stereocenters. The Balaban J connectivity index is 0.00000320. The molecule has 0 radical (unpaired) electrons. The Kier molecular flexibility index (Phi) is 8.34. The van der Waals surface area contributed by atoms with Crippen molar-refractivity contribution in [3.05, 3.63) is 29.3 Å². The van der Waals surface area contributed by atoms with Crippen LogP contribution in [0.1, 0.15) is 36.8 Å². The molecular weight excluding hydrogens is 406 g/mol. The number of carbonyl (C=O) groups is 2. The summed E-state index contributed by atoms with van der Waals surface area (Å²) in [5, 5.41) is 10.7. The highest BCUT2D eigenvalue weighted by Crippen LogP contribution is 2.26. The van der Waals surface area contributed by atoms with Gasteiger partial charge in [-0.25, -0.2) is 4.79 Å². The zero-order valence-corrected chi connectivity index (χ0v) is 18.5. The second-order valence-corrected chi connectivity index (χ2v) is 7.91. The van der Waals surface area contributed by atoms with Crippen molar-refractivity contribution in [3.8, 4) is 0 Å². The predicted molar refractivity (Wildman–Crippen MR) is 120 cm³/mol. The number of amides is 2. The van der Waals surface area contributed by atoms with E-state index in [1.165, 1.54) is 7.11 Å². The first-order chi connectivity index (χ1) is 13.9. The molecule has 30 heavy (non-hydrogen) atoms. The van der Waals surface area contributed by atoms with Gasteiger partial charge in [-0.05, 0) is 56.4 Å². The molecule has 1 aliphatic carbocycles. The quantitative estimate of drug-likeness (QED) is 0.380. The predicted octanol–water partition coefficient (Wildman–Crippen LogP) is 2.26. The van der Waals surface area contributed by atoms with Gasteiger partial charge in [0.05, 0.1) is 13.0 Å². The fraction of sp³-hybridized carbons (Fsp3) is 0.571. The maximum atomic E-state index is 12.6. The topological polar surface area (TPSA) is 112 Å². The van der Waals surface area contributed by atoms with E-state index in [0.717, 1.165) is 55.6 Å². The molecule has 1 saturated heterocycles. The number of rotatable bonds is 4. The number of aryl methyl sites for hydroxylation is 1.